The van der Waals surface area contributed by atoms with Crippen molar-refractivity contribution in [1.82, 2.24) is 0 Å². The number of benzene rings is 5. The molecule has 0 saturated heterocycles. The summed E-state index contributed by atoms with van der Waals surface area (Å²) in [6.45, 7) is 0. The second-order valence-electron chi connectivity index (χ2n) is 9.43. The number of hydrogen-bond acceptors (Lipinski definition) is 8. The lowest BCUT2D eigenvalue weighted by molar-refractivity contribution is 0.222. The Morgan fingerprint density at radius 1 is 0.641 bits per heavy atom. The highest BCUT2D eigenvalue weighted by molar-refractivity contribution is 6.13. The largest absolute Gasteiger partial charge is 0.508 e. The van der Waals surface area contributed by atoms with Crippen LogP contribution in [0.5, 0.6) is 46.0 Å². The summed E-state index contributed by atoms with van der Waals surface area (Å²) in [7, 11) is 4.39. The molecule has 1 heterocycles. The molecule has 8 nitrogen and oxygen atoms in total. The third kappa shape index (κ3) is 3.75. The number of hydrogen-bond donors (Lipinski definition) is 4. The number of fused-ring (bicyclic) bond motifs is 5. The van der Waals surface area contributed by atoms with Crippen LogP contribution in [0.15, 0.2) is 66.7 Å². The predicted octanol–water partition coefficient (Wildman–Crippen LogP) is 6.11. The highest BCUT2D eigenvalue weighted by Gasteiger charge is 2.40. The molecule has 1 aliphatic heterocycles. The Hall–Kier alpha value is -4.98. The second-order valence-corrected chi connectivity index (χ2v) is 9.43. The van der Waals surface area contributed by atoms with Crippen molar-refractivity contribution in [3.05, 3.63) is 83.4 Å². The first-order valence-electron chi connectivity index (χ1n) is 12.2. The van der Waals surface area contributed by atoms with Gasteiger partial charge in [0.25, 0.3) is 0 Å². The fraction of sp³-hybridized carbons (Fsp3) is 0.161. The van der Waals surface area contributed by atoms with Gasteiger partial charge in [-0.1, -0.05) is 12.1 Å². The molecule has 5 aromatic carbocycles. The molecule has 4 N–H and O–H groups in total. The van der Waals surface area contributed by atoms with Crippen LogP contribution in [-0.2, 0) is 0 Å². The van der Waals surface area contributed by atoms with Gasteiger partial charge in [0.15, 0.2) is 23.0 Å². The zero-order chi connectivity index (χ0) is 27.4. The normalized spacial score (nSPS) is 16.2. The van der Waals surface area contributed by atoms with E-state index in [1.165, 1.54) is 21.3 Å². The summed E-state index contributed by atoms with van der Waals surface area (Å²) in [5, 5.41) is 45.0. The Morgan fingerprint density at radius 3 is 2.00 bits per heavy atom. The minimum Gasteiger partial charge on any atom is -0.508 e. The second kappa shape index (κ2) is 9.09. The van der Waals surface area contributed by atoms with Gasteiger partial charge in [-0.05, 0) is 70.9 Å². The number of phenols is 4. The molecule has 0 spiro atoms. The maximum absolute atomic E-state index is 11.2. The van der Waals surface area contributed by atoms with Crippen LogP contribution < -0.4 is 18.9 Å². The first-order chi connectivity index (χ1) is 18.8. The Kier molecular flexibility index (Phi) is 5.68. The molecule has 198 valence electrons. The summed E-state index contributed by atoms with van der Waals surface area (Å²) in [5.41, 5.74) is 2.17. The van der Waals surface area contributed by atoms with Crippen molar-refractivity contribution in [2.45, 2.75) is 12.0 Å². The molecule has 0 fully saturated rings. The highest BCUT2D eigenvalue weighted by Crippen LogP contribution is 2.56. The van der Waals surface area contributed by atoms with Crippen LogP contribution in [0.3, 0.4) is 0 Å². The van der Waals surface area contributed by atoms with E-state index >= 15 is 0 Å². The van der Waals surface area contributed by atoms with Gasteiger partial charge < -0.3 is 39.4 Å². The lowest BCUT2D eigenvalue weighted by Gasteiger charge is -2.22. The average Bonchev–Trinajstić information content (AvgIpc) is 3.32. The van der Waals surface area contributed by atoms with Crippen molar-refractivity contribution in [1.29, 1.82) is 0 Å². The van der Waals surface area contributed by atoms with Crippen LogP contribution >= 0.6 is 0 Å². The first kappa shape index (κ1) is 24.4. The summed E-state index contributed by atoms with van der Waals surface area (Å²) in [4.78, 5) is 0. The average molecular weight is 527 g/mol. The lowest BCUT2D eigenvalue weighted by atomic mass is 9.83. The maximum Gasteiger partial charge on any atom is 0.200 e. The molecule has 0 amide bonds. The minimum absolute atomic E-state index is 0.00271. The Balaban J connectivity index is 1.66. The smallest absolute Gasteiger partial charge is 0.200 e. The van der Waals surface area contributed by atoms with Gasteiger partial charge in [0.1, 0.15) is 23.4 Å². The van der Waals surface area contributed by atoms with E-state index in [1.54, 1.807) is 60.7 Å². The molecule has 5 aromatic rings. The predicted molar refractivity (Wildman–Crippen MR) is 146 cm³/mol. The van der Waals surface area contributed by atoms with Crippen LogP contribution in [-0.4, -0.2) is 41.8 Å². The van der Waals surface area contributed by atoms with Crippen LogP contribution in [0.4, 0.5) is 0 Å². The maximum atomic E-state index is 11.2. The number of ether oxygens (including phenoxy) is 4. The monoisotopic (exact) mass is 526 g/mol. The van der Waals surface area contributed by atoms with Gasteiger partial charge in [-0.2, -0.15) is 0 Å². The van der Waals surface area contributed by atoms with Crippen molar-refractivity contribution in [3.8, 4) is 46.0 Å². The van der Waals surface area contributed by atoms with Crippen LogP contribution in [0.1, 0.15) is 28.7 Å². The minimum atomic E-state index is -0.630. The molecule has 0 unspecified atom stereocenters. The van der Waals surface area contributed by atoms with Gasteiger partial charge in [-0.3, -0.25) is 0 Å². The topological polar surface area (TPSA) is 118 Å². The van der Waals surface area contributed by atoms with E-state index in [-0.39, 0.29) is 34.5 Å². The molecule has 39 heavy (non-hydrogen) atoms. The van der Waals surface area contributed by atoms with Gasteiger partial charge in [0.2, 0.25) is 5.75 Å². The number of aromatic hydroxyl groups is 4. The Morgan fingerprint density at radius 2 is 1.31 bits per heavy atom. The molecule has 0 saturated carbocycles. The third-order valence-electron chi connectivity index (χ3n) is 7.34. The summed E-state index contributed by atoms with van der Waals surface area (Å²) in [5.74, 6) is 0.955. The van der Waals surface area contributed by atoms with Crippen molar-refractivity contribution in [3.63, 3.8) is 0 Å². The Labute approximate surface area is 223 Å². The lowest BCUT2D eigenvalue weighted by Crippen LogP contribution is -2.12. The standard InChI is InChI=1S/C31H26O8/c1-36-24-11-16(5-9-22(24)33)27-21-14-23(34)20-7-4-15-10-18(32)6-8-19(15)28(20)31(21)39-30(27)17-12-25(37-2)29(35)26(13-17)38-3/h4-14,27,30,32-35H,1-3H3/t27-,30+/m1/s1. The van der Waals surface area contributed by atoms with E-state index in [0.29, 0.717) is 27.8 Å². The molecule has 8 heteroatoms. The molecule has 0 aliphatic carbocycles. The zero-order valence-corrected chi connectivity index (χ0v) is 21.4. The molecular formula is C31H26O8. The summed E-state index contributed by atoms with van der Waals surface area (Å²) in [6.07, 6.45) is -0.630. The van der Waals surface area contributed by atoms with Gasteiger partial charge in [0, 0.05) is 21.9 Å². The molecule has 0 aromatic heterocycles. The van der Waals surface area contributed by atoms with E-state index in [0.717, 1.165) is 21.9 Å². The molecule has 0 bridgehead atoms. The van der Waals surface area contributed by atoms with Crippen molar-refractivity contribution < 1.29 is 39.4 Å². The fourth-order valence-electron chi connectivity index (χ4n) is 5.51. The van der Waals surface area contributed by atoms with E-state index in [9.17, 15) is 20.4 Å². The number of methoxy groups -OCH3 is 3. The zero-order valence-electron chi connectivity index (χ0n) is 21.4. The van der Waals surface area contributed by atoms with Crippen molar-refractivity contribution >= 4 is 21.5 Å². The van der Waals surface area contributed by atoms with Crippen LogP contribution in [0.25, 0.3) is 21.5 Å². The molecule has 6 rings (SSSR count). The van der Waals surface area contributed by atoms with Gasteiger partial charge in [0.05, 0.1) is 27.2 Å². The molecule has 2 atom stereocenters. The quantitative estimate of drug-likeness (QED) is 0.203. The first-order valence-corrected chi connectivity index (χ1v) is 12.2. The summed E-state index contributed by atoms with van der Waals surface area (Å²) < 4.78 is 23.0. The molecular weight excluding hydrogens is 500 g/mol. The SMILES string of the molecule is COc1cc([C@@H]2c3cc(O)c4ccc5cc(O)ccc5c4c3O[C@H]2c2cc(OC)c(O)c(OC)c2)ccc1O. The van der Waals surface area contributed by atoms with E-state index < -0.39 is 12.0 Å². The fourth-order valence-corrected chi connectivity index (χ4v) is 5.51. The third-order valence-corrected chi connectivity index (χ3v) is 7.34. The summed E-state index contributed by atoms with van der Waals surface area (Å²) in [6, 6.07) is 18.9. The van der Waals surface area contributed by atoms with Gasteiger partial charge in [-0.25, -0.2) is 0 Å². The summed E-state index contributed by atoms with van der Waals surface area (Å²) >= 11 is 0. The van der Waals surface area contributed by atoms with E-state index in [2.05, 4.69) is 0 Å². The number of rotatable bonds is 5. The molecule has 0 radical (unpaired) electrons. The number of phenolic OH excluding ortho intramolecular Hbond substituents is 4. The van der Waals surface area contributed by atoms with Crippen LogP contribution in [0, 0.1) is 0 Å². The van der Waals surface area contributed by atoms with Crippen LogP contribution in [0.2, 0.25) is 0 Å². The Bertz CT molecular complexity index is 1740. The van der Waals surface area contributed by atoms with Crippen molar-refractivity contribution in [2.75, 3.05) is 21.3 Å². The molecule has 1 aliphatic rings. The van der Waals surface area contributed by atoms with E-state index in [1.807, 2.05) is 6.07 Å². The van der Waals surface area contributed by atoms with Gasteiger partial charge >= 0.3 is 0 Å². The highest BCUT2D eigenvalue weighted by atomic mass is 16.5. The van der Waals surface area contributed by atoms with E-state index in [4.69, 9.17) is 18.9 Å². The van der Waals surface area contributed by atoms with Gasteiger partial charge in [-0.15, -0.1) is 0 Å². The van der Waals surface area contributed by atoms with Crippen molar-refractivity contribution in [2.24, 2.45) is 0 Å².